The van der Waals surface area contributed by atoms with Crippen molar-refractivity contribution in [1.29, 1.82) is 0 Å². The molecular formula is C20H13ClF6N4O3S. The summed E-state index contributed by atoms with van der Waals surface area (Å²) in [4.78, 5) is 17.2. The summed E-state index contributed by atoms with van der Waals surface area (Å²) in [6.07, 6.45) is -9.02. The van der Waals surface area contributed by atoms with Crippen molar-refractivity contribution >= 4 is 33.2 Å². The number of carbonyl (C=O) groups is 1. The second-order valence-electron chi connectivity index (χ2n) is 6.99. The average Bonchev–Trinajstić information content (AvgIpc) is 2.75. The molecule has 186 valence electrons. The number of nitrogens with one attached hydrogen (secondary N) is 2. The van der Waals surface area contributed by atoms with Gasteiger partial charge >= 0.3 is 18.3 Å². The quantitative estimate of drug-likeness (QED) is 0.354. The van der Waals surface area contributed by atoms with E-state index in [4.69, 9.17) is 11.6 Å². The van der Waals surface area contributed by atoms with Gasteiger partial charge in [0.2, 0.25) is 5.82 Å². The summed E-state index contributed by atoms with van der Waals surface area (Å²) in [6.45, 7) is 0. The summed E-state index contributed by atoms with van der Waals surface area (Å²) in [7, 11) is -4.09. The summed E-state index contributed by atoms with van der Waals surface area (Å²) in [6, 6.07) is 9.98. The molecule has 2 aromatic carbocycles. The predicted molar refractivity (Wildman–Crippen MR) is 114 cm³/mol. The van der Waals surface area contributed by atoms with Crippen molar-refractivity contribution in [2.45, 2.75) is 17.2 Å². The Balaban J connectivity index is 2.26. The van der Waals surface area contributed by atoms with Crippen molar-refractivity contribution in [3.05, 3.63) is 59.5 Å². The highest BCUT2D eigenvalue weighted by Crippen LogP contribution is 2.39. The molecule has 1 heterocycles. The van der Waals surface area contributed by atoms with E-state index in [0.29, 0.717) is 16.8 Å². The number of alkyl halides is 6. The minimum Gasteiger partial charge on any atom is -0.281 e. The van der Waals surface area contributed by atoms with E-state index in [1.807, 2.05) is 0 Å². The van der Waals surface area contributed by atoms with Crippen LogP contribution in [0.15, 0.2) is 53.6 Å². The average molecular weight is 539 g/mol. The third kappa shape index (κ3) is 6.00. The van der Waals surface area contributed by atoms with Gasteiger partial charge in [-0.25, -0.2) is 18.4 Å². The Morgan fingerprint density at radius 1 is 0.943 bits per heavy atom. The maximum Gasteiger partial charge on any atom is 0.472 e. The fourth-order valence-electron chi connectivity index (χ4n) is 3.00. The highest BCUT2D eigenvalue weighted by atomic mass is 35.5. The standard InChI is InChI=1S/C20H13ClF6N4O3S/c1-35(33,34)15-12(10-5-7-11(21)8-6-10)3-2-4-13(15)14-9-28-17(19(22,23)24)29-16(14)30-31-18(32)20(25,26)27/h2-9H,1H3,(H,31,32)(H,28,29,30). The van der Waals surface area contributed by atoms with Gasteiger partial charge in [0.15, 0.2) is 15.7 Å². The summed E-state index contributed by atoms with van der Waals surface area (Å²) >= 11 is 5.87. The van der Waals surface area contributed by atoms with E-state index in [-0.39, 0.29) is 16.0 Å². The SMILES string of the molecule is CS(=O)(=O)c1c(-c2ccc(Cl)cc2)cccc1-c1cnc(C(F)(F)F)nc1NNC(=O)C(F)(F)F. The maximum absolute atomic E-state index is 13.1. The molecule has 0 aliphatic rings. The number of benzene rings is 2. The molecule has 0 bridgehead atoms. The van der Waals surface area contributed by atoms with E-state index in [0.717, 1.165) is 6.26 Å². The fraction of sp³-hybridized carbons (Fsp3) is 0.150. The molecule has 0 fully saturated rings. The molecule has 3 aromatic rings. The molecule has 0 aliphatic heterocycles. The lowest BCUT2D eigenvalue weighted by atomic mass is 9.99. The second kappa shape index (κ2) is 9.34. The van der Waals surface area contributed by atoms with Crippen LogP contribution in [0.25, 0.3) is 22.3 Å². The predicted octanol–water partition coefficient (Wildman–Crippen LogP) is 4.89. The lowest BCUT2D eigenvalue weighted by Gasteiger charge is -2.18. The molecule has 1 amide bonds. The van der Waals surface area contributed by atoms with Gasteiger partial charge in [0.05, 0.1) is 4.90 Å². The third-order valence-electron chi connectivity index (χ3n) is 4.43. The van der Waals surface area contributed by atoms with Crippen molar-refractivity contribution in [3.63, 3.8) is 0 Å². The summed E-state index contributed by atoms with van der Waals surface area (Å²) in [5.41, 5.74) is 2.76. The second-order valence-corrected chi connectivity index (χ2v) is 9.38. The van der Waals surface area contributed by atoms with Gasteiger partial charge in [-0.3, -0.25) is 15.6 Å². The van der Waals surface area contributed by atoms with Gasteiger partial charge in [-0.05, 0) is 17.7 Å². The van der Waals surface area contributed by atoms with E-state index in [1.54, 1.807) is 5.43 Å². The topological polar surface area (TPSA) is 101 Å². The Bertz CT molecular complexity index is 1380. The Morgan fingerprint density at radius 3 is 2.09 bits per heavy atom. The monoisotopic (exact) mass is 538 g/mol. The van der Waals surface area contributed by atoms with Gasteiger partial charge in [0, 0.05) is 34.2 Å². The van der Waals surface area contributed by atoms with Crippen LogP contribution in [-0.4, -0.2) is 36.7 Å². The first-order chi connectivity index (χ1) is 16.1. The van der Waals surface area contributed by atoms with Crippen molar-refractivity contribution in [2.24, 2.45) is 0 Å². The number of hydrogen-bond acceptors (Lipinski definition) is 6. The number of halogens is 7. The molecule has 15 heteroatoms. The normalized spacial score (nSPS) is 12.3. The van der Waals surface area contributed by atoms with Crippen LogP contribution >= 0.6 is 11.6 Å². The maximum atomic E-state index is 13.1. The number of nitrogens with zero attached hydrogens (tertiary/aromatic N) is 2. The Hall–Kier alpha value is -3.39. The van der Waals surface area contributed by atoms with Crippen molar-refractivity contribution < 1.29 is 39.6 Å². The molecule has 0 unspecified atom stereocenters. The number of amides is 1. The first-order valence-corrected chi connectivity index (χ1v) is 11.5. The van der Waals surface area contributed by atoms with Crippen LogP contribution in [0.2, 0.25) is 5.02 Å². The molecule has 0 radical (unpaired) electrons. The van der Waals surface area contributed by atoms with E-state index in [2.05, 4.69) is 9.97 Å². The number of sulfone groups is 1. The molecule has 0 aliphatic carbocycles. The third-order valence-corrected chi connectivity index (χ3v) is 5.86. The highest BCUT2D eigenvalue weighted by Gasteiger charge is 2.39. The highest BCUT2D eigenvalue weighted by molar-refractivity contribution is 7.91. The summed E-state index contributed by atoms with van der Waals surface area (Å²) < 4.78 is 103. The van der Waals surface area contributed by atoms with Gasteiger partial charge in [0.25, 0.3) is 0 Å². The minimum atomic E-state index is -5.36. The van der Waals surface area contributed by atoms with Crippen LogP contribution in [0.4, 0.5) is 32.2 Å². The van der Waals surface area contributed by atoms with Crippen molar-refractivity contribution in [3.8, 4) is 22.3 Å². The van der Waals surface area contributed by atoms with Crippen molar-refractivity contribution in [1.82, 2.24) is 15.4 Å². The molecule has 0 saturated heterocycles. The largest absolute Gasteiger partial charge is 0.472 e. The summed E-state index contributed by atoms with van der Waals surface area (Å²) in [5.74, 6) is -5.17. The van der Waals surface area contributed by atoms with E-state index in [9.17, 15) is 39.6 Å². The van der Waals surface area contributed by atoms with E-state index in [1.165, 1.54) is 47.9 Å². The Morgan fingerprint density at radius 2 is 1.54 bits per heavy atom. The molecule has 35 heavy (non-hydrogen) atoms. The van der Waals surface area contributed by atoms with Crippen LogP contribution in [0, 0.1) is 0 Å². The number of anilines is 1. The smallest absolute Gasteiger partial charge is 0.281 e. The molecule has 3 rings (SSSR count). The Kier molecular flexibility index (Phi) is 7.00. The van der Waals surface area contributed by atoms with Crippen LogP contribution in [0.5, 0.6) is 0 Å². The molecule has 0 atom stereocenters. The molecule has 7 nitrogen and oxygen atoms in total. The van der Waals surface area contributed by atoms with Crippen molar-refractivity contribution in [2.75, 3.05) is 11.7 Å². The summed E-state index contributed by atoms with van der Waals surface area (Å²) in [5, 5.41) is 0.355. The van der Waals surface area contributed by atoms with Gasteiger partial charge in [0.1, 0.15) is 0 Å². The molecule has 0 spiro atoms. The molecule has 0 saturated carbocycles. The van der Waals surface area contributed by atoms with Gasteiger partial charge < -0.3 is 0 Å². The van der Waals surface area contributed by atoms with Gasteiger partial charge in [-0.15, -0.1) is 0 Å². The van der Waals surface area contributed by atoms with Crippen LogP contribution in [0.3, 0.4) is 0 Å². The van der Waals surface area contributed by atoms with Crippen LogP contribution < -0.4 is 10.9 Å². The molecule has 2 N–H and O–H groups in total. The number of carbonyl (C=O) groups excluding carboxylic acids is 1. The number of hydrazine groups is 1. The van der Waals surface area contributed by atoms with E-state index >= 15 is 0 Å². The lowest BCUT2D eigenvalue weighted by Crippen LogP contribution is -2.40. The number of rotatable bonds is 5. The van der Waals surface area contributed by atoms with E-state index < -0.39 is 45.3 Å². The Labute approximate surface area is 199 Å². The van der Waals surface area contributed by atoms with Crippen LogP contribution in [-0.2, 0) is 20.8 Å². The zero-order valence-electron chi connectivity index (χ0n) is 17.3. The molecule has 1 aromatic heterocycles. The molecular weight excluding hydrogens is 526 g/mol. The first-order valence-electron chi connectivity index (χ1n) is 9.26. The lowest BCUT2D eigenvalue weighted by molar-refractivity contribution is -0.173. The zero-order valence-corrected chi connectivity index (χ0v) is 18.9. The van der Waals surface area contributed by atoms with Gasteiger partial charge in [-0.1, -0.05) is 41.9 Å². The number of hydrogen-bond donors (Lipinski definition) is 2. The van der Waals surface area contributed by atoms with Crippen LogP contribution in [0.1, 0.15) is 5.82 Å². The minimum absolute atomic E-state index is 0.131. The zero-order chi connectivity index (χ0) is 26.2. The fourth-order valence-corrected chi connectivity index (χ4v) is 4.29. The number of aromatic nitrogens is 2. The van der Waals surface area contributed by atoms with Gasteiger partial charge in [-0.2, -0.15) is 26.3 Å². The first kappa shape index (κ1) is 26.2.